The van der Waals surface area contributed by atoms with Gasteiger partial charge in [0.25, 0.3) is 6.47 Å². The molecule has 0 saturated heterocycles. The van der Waals surface area contributed by atoms with E-state index in [9.17, 15) is 4.79 Å². The zero-order valence-electron chi connectivity index (χ0n) is 22.6. The second-order valence-corrected chi connectivity index (χ2v) is 13.1. The van der Waals surface area contributed by atoms with Crippen LogP contribution in [-0.4, -0.2) is 12.6 Å². The van der Waals surface area contributed by atoms with Crippen LogP contribution in [0.5, 0.6) is 0 Å². The molecule has 4 aliphatic rings. The van der Waals surface area contributed by atoms with Crippen LogP contribution in [0.25, 0.3) is 0 Å². The molecule has 3 nitrogen and oxygen atoms in total. The van der Waals surface area contributed by atoms with Gasteiger partial charge in [0.05, 0.1) is 6.07 Å². The van der Waals surface area contributed by atoms with Gasteiger partial charge in [0.2, 0.25) is 0 Å². The molecular weight excluding hydrogens is 406 g/mol. The first-order valence-electron chi connectivity index (χ1n) is 14.1. The largest absolute Gasteiger partial charge is 0.465 e. The number of rotatable bonds is 5. The summed E-state index contributed by atoms with van der Waals surface area (Å²) >= 11 is 0. The van der Waals surface area contributed by atoms with Crippen molar-refractivity contribution >= 4 is 6.47 Å². The summed E-state index contributed by atoms with van der Waals surface area (Å²) in [7, 11) is 0. The van der Waals surface area contributed by atoms with Crippen molar-refractivity contribution in [3.05, 3.63) is 0 Å². The Bertz CT molecular complexity index is 698. The van der Waals surface area contributed by atoms with Crippen molar-refractivity contribution in [3.8, 4) is 6.07 Å². The molecule has 4 fully saturated rings. The van der Waals surface area contributed by atoms with Crippen LogP contribution >= 0.6 is 0 Å². The summed E-state index contributed by atoms with van der Waals surface area (Å²) < 4.78 is 5.36. The third kappa shape index (κ3) is 5.01. The highest BCUT2D eigenvalue weighted by molar-refractivity contribution is 5.37. The number of nitrogens with zero attached hydrogens (tertiary/aromatic N) is 1. The topological polar surface area (TPSA) is 50.1 Å². The van der Waals surface area contributed by atoms with E-state index in [1.54, 1.807) is 0 Å². The van der Waals surface area contributed by atoms with Crippen molar-refractivity contribution in [1.29, 1.82) is 5.26 Å². The third-order valence-electron chi connectivity index (χ3n) is 11.4. The molecule has 0 aromatic carbocycles. The first-order valence-corrected chi connectivity index (χ1v) is 14.1. The minimum atomic E-state index is 0.192. The van der Waals surface area contributed by atoms with Gasteiger partial charge in [0.15, 0.2) is 0 Å². The molecule has 4 rings (SSSR count). The number of ether oxygens (including phenoxy) is 1. The van der Waals surface area contributed by atoms with E-state index in [2.05, 4.69) is 47.6 Å². The fourth-order valence-electron chi connectivity index (χ4n) is 9.04. The Balaban J connectivity index is 0.000000331. The van der Waals surface area contributed by atoms with Crippen molar-refractivity contribution in [1.82, 2.24) is 0 Å². The molecule has 0 amide bonds. The second-order valence-electron chi connectivity index (χ2n) is 13.1. The van der Waals surface area contributed by atoms with Crippen LogP contribution in [0.1, 0.15) is 113 Å². The molecule has 0 spiro atoms. The number of carbonyl (C=O) groups is 1. The Kier molecular flexibility index (Phi) is 8.61. The lowest BCUT2D eigenvalue weighted by Crippen LogP contribution is -2.54. The summed E-state index contributed by atoms with van der Waals surface area (Å²) in [6.45, 7) is 17.0. The Morgan fingerprint density at radius 2 is 1.64 bits per heavy atom. The molecule has 0 aromatic heterocycles. The number of hydrogen-bond acceptors (Lipinski definition) is 3. The van der Waals surface area contributed by atoms with E-state index in [1.165, 1.54) is 44.9 Å². The molecule has 188 valence electrons. The van der Waals surface area contributed by atoms with Crippen molar-refractivity contribution in [2.75, 3.05) is 0 Å². The number of carbonyl (C=O) groups excluding carboxylic acids is 1. The maximum Gasteiger partial charge on any atom is 0.293 e. The second kappa shape index (κ2) is 10.7. The lowest BCUT2D eigenvalue weighted by atomic mass is 9.44. The average molecular weight is 458 g/mol. The molecule has 0 N–H and O–H groups in total. The van der Waals surface area contributed by atoms with E-state index in [0.29, 0.717) is 23.2 Å². The number of hydrogen-bond donors (Lipinski definition) is 0. The Morgan fingerprint density at radius 1 is 0.970 bits per heavy atom. The highest BCUT2D eigenvalue weighted by Crippen LogP contribution is 2.68. The zero-order valence-corrected chi connectivity index (χ0v) is 22.6. The van der Waals surface area contributed by atoms with Crippen molar-refractivity contribution in [2.45, 2.75) is 119 Å². The molecule has 4 aliphatic carbocycles. The van der Waals surface area contributed by atoms with Gasteiger partial charge in [-0.1, -0.05) is 48.0 Å². The number of fused-ring (bicyclic) bond motifs is 5. The van der Waals surface area contributed by atoms with Crippen LogP contribution in [0, 0.1) is 69.5 Å². The number of nitriles is 1. The predicted octanol–water partition coefficient (Wildman–Crippen LogP) is 8.04. The maximum absolute atomic E-state index is 10.8. The van der Waals surface area contributed by atoms with E-state index in [0.717, 1.165) is 54.8 Å². The summed E-state index contributed by atoms with van der Waals surface area (Å²) in [5, 5.41) is 8.39. The van der Waals surface area contributed by atoms with Gasteiger partial charge in [-0.15, -0.1) is 0 Å². The van der Waals surface area contributed by atoms with Gasteiger partial charge in [0.1, 0.15) is 6.10 Å². The van der Waals surface area contributed by atoms with Gasteiger partial charge >= 0.3 is 0 Å². The molecule has 10 atom stereocenters. The van der Waals surface area contributed by atoms with Crippen LogP contribution in [0.2, 0.25) is 0 Å². The van der Waals surface area contributed by atoms with Crippen molar-refractivity contribution in [2.24, 2.45) is 58.2 Å². The summed E-state index contributed by atoms with van der Waals surface area (Å²) in [4.78, 5) is 10.8. The molecular formula is C30H51NO2. The first-order chi connectivity index (χ1) is 15.6. The molecule has 0 heterocycles. The molecule has 0 bridgehead atoms. The minimum Gasteiger partial charge on any atom is -0.465 e. The van der Waals surface area contributed by atoms with Gasteiger partial charge in [0, 0.05) is 5.92 Å². The van der Waals surface area contributed by atoms with Crippen molar-refractivity contribution < 1.29 is 9.53 Å². The standard InChI is InChI=1S/C23H38O2.C7H13N/c1-15(2)19-7-8-20-18-6-5-16-13-17(25-14-24)9-11-22(16,3)21(18)10-12-23(19,20)4;1-4-6(2)7(3)5-8/h14-21H,5-13H2,1-4H3;6-7H,4H2,1-3H3/t16-,17?,18?,19?,20?,21?,22?,23?;/m0./s1. The zero-order chi connectivity index (χ0) is 24.4. The molecule has 4 saturated carbocycles. The lowest BCUT2D eigenvalue weighted by molar-refractivity contribution is -0.150. The third-order valence-corrected chi connectivity index (χ3v) is 11.4. The van der Waals surface area contributed by atoms with E-state index in [-0.39, 0.29) is 12.0 Å². The molecule has 0 aromatic rings. The molecule has 3 heteroatoms. The highest BCUT2D eigenvalue weighted by atomic mass is 16.5. The quantitative estimate of drug-likeness (QED) is 0.392. The minimum absolute atomic E-state index is 0.192. The lowest BCUT2D eigenvalue weighted by Gasteiger charge is -2.61. The van der Waals surface area contributed by atoms with E-state index in [4.69, 9.17) is 10.00 Å². The molecule has 0 aliphatic heterocycles. The van der Waals surface area contributed by atoms with Crippen LogP contribution in [0.4, 0.5) is 0 Å². The highest BCUT2D eigenvalue weighted by Gasteiger charge is 2.60. The van der Waals surface area contributed by atoms with Crippen LogP contribution in [0.15, 0.2) is 0 Å². The molecule has 33 heavy (non-hydrogen) atoms. The van der Waals surface area contributed by atoms with Crippen molar-refractivity contribution in [3.63, 3.8) is 0 Å². The van der Waals surface area contributed by atoms with E-state index in [1.807, 2.05) is 6.92 Å². The van der Waals surface area contributed by atoms with Crippen LogP contribution in [0.3, 0.4) is 0 Å². The molecule has 0 radical (unpaired) electrons. The predicted molar refractivity (Wildman–Crippen MR) is 135 cm³/mol. The van der Waals surface area contributed by atoms with E-state index < -0.39 is 0 Å². The summed E-state index contributed by atoms with van der Waals surface area (Å²) in [5.74, 6) is 6.20. The summed E-state index contributed by atoms with van der Waals surface area (Å²) in [6.07, 6.45) is 13.4. The van der Waals surface area contributed by atoms with Gasteiger partial charge in [-0.25, -0.2) is 0 Å². The fourth-order valence-corrected chi connectivity index (χ4v) is 9.04. The van der Waals surface area contributed by atoms with Gasteiger partial charge in [-0.05, 0) is 117 Å². The monoisotopic (exact) mass is 457 g/mol. The van der Waals surface area contributed by atoms with Gasteiger partial charge in [-0.3, -0.25) is 4.79 Å². The molecule has 9 unspecified atom stereocenters. The van der Waals surface area contributed by atoms with Crippen LogP contribution < -0.4 is 0 Å². The first kappa shape index (κ1) is 26.6. The van der Waals surface area contributed by atoms with Crippen LogP contribution in [-0.2, 0) is 9.53 Å². The Hall–Kier alpha value is -1.04. The smallest absolute Gasteiger partial charge is 0.293 e. The SMILES string of the molecule is CC(C)C1CCC2C3CC[C@H]4CC(OC=O)CCC4(C)C3CCC12C.CCC(C)C(C)C#N. The Labute approximate surface area is 204 Å². The normalized spacial score (nSPS) is 43.6. The maximum atomic E-state index is 10.8. The summed E-state index contributed by atoms with van der Waals surface area (Å²) in [6, 6.07) is 2.22. The Morgan fingerprint density at radius 3 is 2.21 bits per heavy atom. The summed E-state index contributed by atoms with van der Waals surface area (Å²) in [5.41, 5.74) is 1.11. The fraction of sp³-hybridized carbons (Fsp3) is 0.933. The van der Waals surface area contributed by atoms with Gasteiger partial charge in [-0.2, -0.15) is 5.26 Å². The van der Waals surface area contributed by atoms with Gasteiger partial charge < -0.3 is 4.74 Å². The van der Waals surface area contributed by atoms with E-state index >= 15 is 0 Å². The average Bonchev–Trinajstić information content (AvgIpc) is 3.16.